The number of carbonyl (C=O) groups is 2. The molecule has 0 unspecified atom stereocenters. The van der Waals surface area contributed by atoms with Crippen molar-refractivity contribution in [2.75, 3.05) is 6.54 Å². The number of rotatable bonds is 7. The van der Waals surface area contributed by atoms with Crippen molar-refractivity contribution in [2.45, 2.75) is 52.2 Å². The van der Waals surface area contributed by atoms with Gasteiger partial charge in [-0.3, -0.25) is 0 Å². The predicted molar refractivity (Wildman–Crippen MR) is 103 cm³/mol. The minimum absolute atomic E-state index is 0. The van der Waals surface area contributed by atoms with E-state index in [1.54, 1.807) is 36.5 Å². The van der Waals surface area contributed by atoms with Crippen LogP contribution in [0.4, 0.5) is 4.79 Å². The van der Waals surface area contributed by atoms with Crippen molar-refractivity contribution in [3.63, 3.8) is 0 Å². The summed E-state index contributed by atoms with van der Waals surface area (Å²) in [4.78, 5) is 21.5. The first-order valence-corrected chi connectivity index (χ1v) is 8.91. The van der Waals surface area contributed by atoms with E-state index in [1.165, 1.54) is 0 Å². The molecular weight excluding hydrogens is 353 g/mol. The van der Waals surface area contributed by atoms with Crippen LogP contribution in [0, 0.1) is 6.07 Å². The van der Waals surface area contributed by atoms with Crippen LogP contribution < -0.4 is 24.2 Å². The molecule has 148 valence electrons. The molecule has 7 nitrogen and oxygen atoms in total. The third-order valence-electron chi connectivity index (χ3n) is 3.26. The molecule has 2 N–H and O–H groups in total. The number of hydrogen-bond donors (Lipinski definition) is 2. The van der Waals surface area contributed by atoms with Crippen LogP contribution in [0.15, 0.2) is 42.7 Å². The topological polar surface area (TPSA) is 93.5 Å². The molecule has 2 rings (SSSR count). The Labute approximate surface area is 178 Å². The molecule has 0 spiro atoms. The molecule has 1 aromatic heterocycles. The number of alkyl carbamates (subject to hydrolysis) is 1. The summed E-state index contributed by atoms with van der Waals surface area (Å²) in [6.45, 7) is 7.12. The molecule has 8 heteroatoms. The maximum Gasteiger partial charge on any atom is 1.00 e. The Balaban J connectivity index is 0.000000614. The average Bonchev–Trinajstić information content (AvgIpc) is 3.11. The van der Waals surface area contributed by atoms with Gasteiger partial charge >= 0.3 is 30.9 Å². The summed E-state index contributed by atoms with van der Waals surface area (Å²) in [7, 11) is 0. The van der Waals surface area contributed by atoms with Crippen molar-refractivity contribution in [1.82, 2.24) is 15.1 Å². The molecule has 0 aliphatic rings. The van der Waals surface area contributed by atoms with Gasteiger partial charge in [0.25, 0.3) is 0 Å². The van der Waals surface area contributed by atoms with E-state index in [2.05, 4.69) is 16.5 Å². The van der Waals surface area contributed by atoms with Crippen LogP contribution in [-0.4, -0.2) is 39.1 Å². The molecule has 0 atom stereocenters. The second-order valence-corrected chi connectivity index (χ2v) is 6.86. The first-order chi connectivity index (χ1) is 12.8. The number of amides is 1. The van der Waals surface area contributed by atoms with Gasteiger partial charge in [0, 0.05) is 13.1 Å². The summed E-state index contributed by atoms with van der Waals surface area (Å²) in [5.41, 5.74) is -0.0989. The van der Waals surface area contributed by atoms with Gasteiger partial charge in [-0.15, -0.1) is 6.20 Å². The number of nitrogens with zero attached hydrogens (tertiary/aromatic N) is 2. The average molecular weight is 381 g/mol. The van der Waals surface area contributed by atoms with Crippen molar-refractivity contribution in [3.05, 3.63) is 54.4 Å². The van der Waals surface area contributed by atoms with E-state index in [0.29, 0.717) is 12.1 Å². The number of aromatic carboxylic acids is 1. The Morgan fingerprint density at radius 1 is 1.18 bits per heavy atom. The van der Waals surface area contributed by atoms with Crippen molar-refractivity contribution in [1.29, 1.82) is 0 Å². The summed E-state index contributed by atoms with van der Waals surface area (Å²) in [5.74, 6) is -0.879. The fraction of sp³-hybridized carbons (Fsp3) is 0.450. The number of carboxylic acid groups (broad SMARTS) is 1. The second-order valence-electron chi connectivity index (χ2n) is 6.86. The zero-order valence-electron chi connectivity index (χ0n) is 17.1. The molecule has 0 aliphatic carbocycles. The molecule has 28 heavy (non-hydrogen) atoms. The minimum Gasteiger partial charge on any atom is -0.478 e. The minimum atomic E-state index is -0.879. The van der Waals surface area contributed by atoms with E-state index >= 15 is 0 Å². The predicted octanol–water partition coefficient (Wildman–Crippen LogP) is 0.767. The molecule has 1 amide bonds. The first kappa shape index (κ1) is 25.8. The van der Waals surface area contributed by atoms with Gasteiger partial charge < -0.3 is 25.9 Å². The van der Waals surface area contributed by atoms with Crippen LogP contribution >= 0.6 is 0 Å². The van der Waals surface area contributed by atoms with Crippen LogP contribution in [0.5, 0.6) is 0 Å². The van der Waals surface area contributed by atoms with Gasteiger partial charge in [-0.1, -0.05) is 18.2 Å². The van der Waals surface area contributed by atoms with Gasteiger partial charge in [0.2, 0.25) is 0 Å². The van der Waals surface area contributed by atoms with Crippen LogP contribution in [0.1, 0.15) is 50.4 Å². The SMILES string of the molecule is CC(C)(C)OC(=O)NCCCCCn1c[c-]cn1.O=C(O)c1ccccc1.[Li+]. The first-order valence-electron chi connectivity index (χ1n) is 8.91. The largest absolute Gasteiger partial charge is 1.00 e. The molecule has 0 saturated heterocycles. The number of ether oxygens (including phenoxy) is 1. The van der Waals surface area contributed by atoms with E-state index in [1.807, 2.05) is 31.6 Å². The fourth-order valence-corrected chi connectivity index (χ4v) is 2.04. The summed E-state index contributed by atoms with van der Waals surface area (Å²) in [5, 5.41) is 15.2. The summed E-state index contributed by atoms with van der Waals surface area (Å²) in [6, 6.07) is 11.2. The van der Waals surface area contributed by atoms with E-state index < -0.39 is 11.6 Å². The molecule has 0 fully saturated rings. The molecule has 0 bridgehead atoms. The molecule has 0 saturated carbocycles. The van der Waals surface area contributed by atoms with Gasteiger partial charge in [0.05, 0.1) is 5.56 Å². The summed E-state index contributed by atoms with van der Waals surface area (Å²) in [6.07, 6.45) is 6.19. The van der Waals surface area contributed by atoms with Gasteiger partial charge in [-0.2, -0.15) is 6.20 Å². The Morgan fingerprint density at radius 3 is 2.36 bits per heavy atom. The van der Waals surface area contributed by atoms with E-state index in [0.717, 1.165) is 25.8 Å². The van der Waals surface area contributed by atoms with Crippen LogP contribution in [0.25, 0.3) is 0 Å². The standard InChI is InChI=1S/C13H22N3O2.C7H6O2.Li/c1-13(2,3)18-12(17)14-8-5-4-6-10-16-11-7-9-15-16;8-7(9)6-4-2-1-3-5-6;/h9,11H,4-6,8,10H2,1-3H3,(H,14,17);1-5H,(H,8,9);/q-1;;+1. The fourth-order valence-electron chi connectivity index (χ4n) is 2.04. The van der Waals surface area contributed by atoms with Crippen LogP contribution in [0.3, 0.4) is 0 Å². The maximum atomic E-state index is 11.3. The summed E-state index contributed by atoms with van der Waals surface area (Å²) < 4.78 is 7.00. The van der Waals surface area contributed by atoms with Crippen molar-refractivity contribution in [2.24, 2.45) is 0 Å². The number of benzene rings is 1. The monoisotopic (exact) mass is 381 g/mol. The Bertz CT molecular complexity index is 671. The Hall–Kier alpha value is -2.23. The molecular formula is C20H28LiN3O4. The Morgan fingerprint density at radius 2 is 1.86 bits per heavy atom. The van der Waals surface area contributed by atoms with Gasteiger partial charge in [0.15, 0.2) is 0 Å². The molecule has 0 radical (unpaired) electrons. The molecule has 1 heterocycles. The quantitative estimate of drug-likeness (QED) is 0.420. The number of carboxylic acids is 1. The molecule has 0 aliphatic heterocycles. The van der Waals surface area contributed by atoms with E-state index in [-0.39, 0.29) is 25.0 Å². The summed E-state index contributed by atoms with van der Waals surface area (Å²) >= 11 is 0. The smallest absolute Gasteiger partial charge is 0.478 e. The number of nitrogens with one attached hydrogen (secondary N) is 1. The zero-order chi connectivity index (χ0) is 20.1. The number of unbranched alkanes of at least 4 members (excludes halogenated alkanes) is 2. The third kappa shape index (κ3) is 13.0. The number of aryl methyl sites for hydroxylation is 1. The number of hydrogen-bond acceptors (Lipinski definition) is 4. The van der Waals surface area contributed by atoms with Crippen molar-refractivity contribution in [3.8, 4) is 0 Å². The van der Waals surface area contributed by atoms with Gasteiger partial charge in [-0.05, 0) is 52.2 Å². The second kappa shape index (κ2) is 13.9. The van der Waals surface area contributed by atoms with Crippen molar-refractivity contribution >= 4 is 12.1 Å². The van der Waals surface area contributed by atoms with E-state index in [9.17, 15) is 9.59 Å². The van der Waals surface area contributed by atoms with E-state index in [4.69, 9.17) is 9.84 Å². The van der Waals surface area contributed by atoms with Crippen molar-refractivity contribution < 1.29 is 38.3 Å². The number of carbonyl (C=O) groups excluding carboxylic acids is 1. The van der Waals surface area contributed by atoms with Crippen LogP contribution in [-0.2, 0) is 11.3 Å². The number of aromatic nitrogens is 2. The molecule has 2 aromatic rings. The Kier molecular flexibility index (Phi) is 12.8. The normalized spacial score (nSPS) is 10.1. The molecule has 1 aromatic carbocycles. The zero-order valence-corrected chi connectivity index (χ0v) is 17.1. The van der Waals surface area contributed by atoms with Crippen LogP contribution in [0.2, 0.25) is 0 Å². The van der Waals surface area contributed by atoms with Gasteiger partial charge in [-0.25, -0.2) is 14.7 Å². The third-order valence-corrected chi connectivity index (χ3v) is 3.26. The van der Waals surface area contributed by atoms with Gasteiger partial charge in [0.1, 0.15) is 5.60 Å². The maximum absolute atomic E-state index is 11.3.